The van der Waals surface area contributed by atoms with E-state index in [9.17, 15) is 21.0 Å². The number of anilines is 5. The standard InChI is InChI=1S/C30H36N10O2S.C17H15N7OS.C14H25N3O2S/c1-22(18-23-10-9-13-25(19-23)43(41,42)38(4)17-16-37(2)3)34-29-31-15-14-27(36-29)39(5)30-35-26(24-11-7-6-8-12-24)20-28-32-21-33-40(28)30;1-23(14-8-9-18-16(22-14)26(2)25)17-21-13(12-6-4-3-5-7-12)10-15-19-11-20-24(15)17;1-12(15)10-13-6-5-7-14(11-13)20(18,19)17(4)9-8-16(2)3/h6-15,19-22H,16-18H2,1-5H3,(H,31,34,36);3-11H,1-2H3;5-7,11-12H,8-10,15H2,1-4H3/t22-;;12-/m0.0/s1. The third kappa shape index (κ3) is 17.4. The van der Waals surface area contributed by atoms with Crippen molar-refractivity contribution in [2.45, 2.75) is 53.7 Å². The number of nitrogens with one attached hydrogen (secondary N) is 1. The van der Waals surface area contributed by atoms with Crippen molar-refractivity contribution in [2.24, 2.45) is 5.73 Å². The van der Waals surface area contributed by atoms with Crippen molar-refractivity contribution in [1.82, 2.24) is 77.5 Å². The van der Waals surface area contributed by atoms with Gasteiger partial charge in [0.05, 0.1) is 32.0 Å². The number of likely N-dealkylation sites (N-methyl/N-ethyl adjacent to an activating group) is 4. The second-order valence-corrected chi connectivity index (χ2v) is 27.0. The Hall–Kier alpha value is -8.61. The molecule has 1 unspecified atom stereocenters. The largest absolute Gasteiger partial charge is 0.351 e. The van der Waals surface area contributed by atoms with Crippen LogP contribution in [-0.2, 0) is 43.7 Å². The average Bonchev–Trinajstić information content (AvgIpc) is 2.31. The number of hydrogen-bond acceptors (Lipinski definition) is 21. The predicted octanol–water partition coefficient (Wildman–Crippen LogP) is 6.42. The van der Waals surface area contributed by atoms with Crippen LogP contribution in [-0.4, -0.2) is 199 Å². The smallest absolute Gasteiger partial charge is 0.242 e. The number of sulfonamides is 2. The number of fused-ring (bicyclic) bond motifs is 2. The first-order chi connectivity index (χ1) is 42.5. The lowest BCUT2D eigenvalue weighted by Crippen LogP contribution is -2.33. The van der Waals surface area contributed by atoms with Crippen molar-refractivity contribution in [1.29, 1.82) is 0 Å². The van der Waals surface area contributed by atoms with Gasteiger partial charge in [0.25, 0.3) is 0 Å². The highest BCUT2D eigenvalue weighted by atomic mass is 32.2. The van der Waals surface area contributed by atoms with Crippen molar-refractivity contribution in [3.8, 4) is 22.5 Å². The van der Waals surface area contributed by atoms with Crippen LogP contribution in [0.4, 0.5) is 29.5 Å². The summed E-state index contributed by atoms with van der Waals surface area (Å²) < 4.78 is 68.9. The molecule has 0 aliphatic heterocycles. The number of aromatic nitrogens is 12. The minimum Gasteiger partial charge on any atom is -0.351 e. The van der Waals surface area contributed by atoms with Crippen molar-refractivity contribution in [3.05, 3.63) is 170 Å². The predicted molar refractivity (Wildman–Crippen MR) is 349 cm³/mol. The van der Waals surface area contributed by atoms with Gasteiger partial charge < -0.3 is 20.9 Å². The van der Waals surface area contributed by atoms with Crippen LogP contribution < -0.4 is 20.9 Å². The summed E-state index contributed by atoms with van der Waals surface area (Å²) in [6, 6.07) is 41.1. The Morgan fingerprint density at radius 2 is 0.978 bits per heavy atom. The Balaban J connectivity index is 0.000000189. The molecule has 10 aromatic rings. The Labute approximate surface area is 522 Å². The van der Waals surface area contributed by atoms with Crippen LogP contribution in [0.1, 0.15) is 25.0 Å². The van der Waals surface area contributed by atoms with Crippen LogP contribution in [0.2, 0.25) is 0 Å². The summed E-state index contributed by atoms with van der Waals surface area (Å²) in [7, 11) is 6.31. The van der Waals surface area contributed by atoms with Gasteiger partial charge in [-0.2, -0.15) is 32.8 Å². The summed E-state index contributed by atoms with van der Waals surface area (Å²) in [5.74, 6) is 2.73. The summed E-state index contributed by atoms with van der Waals surface area (Å²) in [5, 5.41) is 12.2. The first-order valence-electron chi connectivity index (χ1n) is 28.4. The van der Waals surface area contributed by atoms with Crippen LogP contribution >= 0.6 is 0 Å². The van der Waals surface area contributed by atoms with Gasteiger partial charge in [-0.25, -0.2) is 51.7 Å². The van der Waals surface area contributed by atoms with E-state index in [1.807, 2.05) is 156 Å². The van der Waals surface area contributed by atoms with Crippen LogP contribution in [0.3, 0.4) is 0 Å². The maximum Gasteiger partial charge on any atom is 0.242 e. The third-order valence-corrected chi connectivity index (χ3v) is 18.3. The van der Waals surface area contributed by atoms with Crippen molar-refractivity contribution >= 4 is 71.6 Å². The van der Waals surface area contributed by atoms with Gasteiger partial charge in [0.15, 0.2) is 11.3 Å². The fourth-order valence-corrected chi connectivity index (χ4v) is 11.9. The molecule has 0 spiro atoms. The maximum absolute atomic E-state index is 13.1. The van der Waals surface area contributed by atoms with Crippen LogP contribution in [0.25, 0.3) is 33.8 Å². The molecule has 0 aliphatic rings. The van der Waals surface area contributed by atoms with Crippen molar-refractivity contribution < 1.29 is 21.0 Å². The highest BCUT2D eigenvalue weighted by molar-refractivity contribution is 7.89. The minimum atomic E-state index is -3.59. The summed E-state index contributed by atoms with van der Waals surface area (Å²) in [6.07, 6.45) is 9.04. The Morgan fingerprint density at radius 3 is 1.43 bits per heavy atom. The molecule has 0 saturated heterocycles. The van der Waals surface area contributed by atoms with Crippen molar-refractivity contribution in [3.63, 3.8) is 0 Å². The van der Waals surface area contributed by atoms with E-state index in [1.165, 1.54) is 21.3 Å². The molecule has 0 aliphatic carbocycles. The molecule has 3 atom stereocenters. The van der Waals surface area contributed by atoms with E-state index >= 15 is 0 Å². The molecule has 0 amide bonds. The number of hydrogen-bond donors (Lipinski definition) is 2. The second kappa shape index (κ2) is 30.1. The molecule has 3 N–H and O–H groups in total. The first-order valence-corrected chi connectivity index (χ1v) is 32.8. The molecule has 0 bridgehead atoms. The Morgan fingerprint density at radius 1 is 0.528 bits per heavy atom. The van der Waals surface area contributed by atoms with E-state index in [0.717, 1.165) is 33.6 Å². The summed E-state index contributed by atoms with van der Waals surface area (Å²) in [4.78, 5) is 44.0. The van der Waals surface area contributed by atoms with Gasteiger partial charge in [-0.1, -0.05) is 84.9 Å². The molecule has 4 aromatic carbocycles. The van der Waals surface area contributed by atoms with Crippen LogP contribution in [0.5, 0.6) is 0 Å². The molecule has 6 heterocycles. The van der Waals surface area contributed by atoms with Gasteiger partial charge in [-0.3, -0.25) is 14.0 Å². The Bertz CT molecular complexity index is 4220. The molecule has 28 heteroatoms. The summed E-state index contributed by atoms with van der Waals surface area (Å²) >= 11 is 0. The molecular weight excluding hydrogens is 1190 g/mol. The quantitative estimate of drug-likeness (QED) is 0.0653. The zero-order chi connectivity index (χ0) is 64.0. The number of nitrogens with zero attached hydrogens (tertiary/aromatic N) is 18. The lowest BCUT2D eigenvalue weighted by atomic mass is 10.1. The van der Waals surface area contributed by atoms with Gasteiger partial charge >= 0.3 is 0 Å². The molecule has 0 radical (unpaired) electrons. The lowest BCUT2D eigenvalue weighted by Gasteiger charge is -2.21. The topological polar surface area (TPSA) is 281 Å². The average molecular weight is 1270 g/mol. The van der Waals surface area contributed by atoms with E-state index in [-0.39, 0.29) is 22.1 Å². The summed E-state index contributed by atoms with van der Waals surface area (Å²) in [6.45, 7) is 6.12. The van der Waals surface area contributed by atoms with Gasteiger partial charge in [-0.15, -0.1) is 0 Å². The van der Waals surface area contributed by atoms with E-state index in [2.05, 4.69) is 40.4 Å². The second-order valence-electron chi connectivity index (χ2n) is 21.7. The van der Waals surface area contributed by atoms with Gasteiger partial charge in [-0.05, 0) is 102 Å². The van der Waals surface area contributed by atoms with Crippen molar-refractivity contribution in [2.75, 3.05) is 104 Å². The normalized spacial score (nSPS) is 12.8. The monoisotopic (exact) mass is 1260 g/mol. The summed E-state index contributed by atoms with van der Waals surface area (Å²) in [5.41, 5.74) is 12.4. The number of benzene rings is 4. The van der Waals surface area contributed by atoms with Gasteiger partial charge in [0.1, 0.15) is 24.3 Å². The molecule has 0 fully saturated rings. The molecule has 468 valence electrons. The molecule has 6 aromatic heterocycles. The fourth-order valence-electron chi connectivity index (χ4n) is 8.99. The highest BCUT2D eigenvalue weighted by Gasteiger charge is 2.24. The van der Waals surface area contributed by atoms with E-state index in [4.69, 9.17) is 20.7 Å². The lowest BCUT2D eigenvalue weighted by molar-refractivity contribution is 0.358. The molecule has 89 heavy (non-hydrogen) atoms. The zero-order valence-corrected chi connectivity index (χ0v) is 54.3. The van der Waals surface area contributed by atoms with Crippen LogP contribution in [0, 0.1) is 0 Å². The van der Waals surface area contributed by atoms with E-state index in [1.54, 1.807) is 95.2 Å². The first kappa shape index (κ1) is 66.3. The van der Waals surface area contributed by atoms with Crippen LogP contribution in [0.15, 0.2) is 173 Å². The van der Waals surface area contributed by atoms with Gasteiger partial charge in [0.2, 0.25) is 43.0 Å². The molecule has 0 saturated carbocycles. The molecule has 10 rings (SSSR count). The third-order valence-electron chi connectivity index (χ3n) is 13.9. The van der Waals surface area contributed by atoms with E-state index < -0.39 is 30.8 Å². The fraction of sp³-hybridized carbons (Fsp3) is 0.311. The number of nitrogens with two attached hydrogens (primary N) is 1. The molecular formula is C61H76N20O5S3. The maximum atomic E-state index is 13.1. The number of rotatable bonds is 23. The highest BCUT2D eigenvalue weighted by Crippen LogP contribution is 2.28. The zero-order valence-electron chi connectivity index (χ0n) is 51.8. The SMILES string of the molecule is CN(c1ccnc(S(C)=O)n1)c1nc(-c2ccccc2)cc2ncnn12.C[C@@H](Cc1cccc(S(=O)(=O)N(C)CCN(C)C)c1)Nc1nccc(N(C)c2nc(-c3ccccc3)cc3ncnn23)n1.C[C@H](N)Cc1cccc(S(=O)(=O)N(C)CCN(C)C)c1. The minimum absolute atomic E-state index is 0.0134. The van der Waals surface area contributed by atoms with Gasteiger partial charge in [0, 0.05) is 108 Å². The molecule has 25 nitrogen and oxygen atoms in total. The Kier molecular flexibility index (Phi) is 22.4. The van der Waals surface area contributed by atoms with E-state index in [0.29, 0.717) is 84.7 Å².